The highest BCUT2D eigenvalue weighted by Crippen LogP contribution is 2.30. The van der Waals surface area contributed by atoms with Crippen LogP contribution >= 0.6 is 0 Å². The Balaban J connectivity index is 1.56. The standard InChI is InChI=1S/C27H34FN7O3/c1-5-29-10-11-30-25(36)16-34(17-26(37)33(4)35-14-20-8-6-7-9-21(20)15-35)24-13-22(23(28)12-18(24)2)27-31-19(3)38-32-27/h6-9,12-13,29H,5,10-11,14-17H2,1-4H3,(H,30,36). The van der Waals surface area contributed by atoms with Gasteiger partial charge >= 0.3 is 0 Å². The fourth-order valence-electron chi connectivity index (χ4n) is 4.46. The minimum atomic E-state index is -0.514. The van der Waals surface area contributed by atoms with E-state index in [0.717, 1.165) is 6.54 Å². The molecular formula is C27H34FN7O3. The van der Waals surface area contributed by atoms with Crippen molar-refractivity contribution < 1.29 is 18.5 Å². The Hall–Kier alpha value is -3.83. The number of nitrogens with one attached hydrogen (secondary N) is 2. The Bertz CT molecular complexity index is 1270. The molecule has 2 heterocycles. The highest BCUT2D eigenvalue weighted by Gasteiger charge is 2.27. The third-order valence-corrected chi connectivity index (χ3v) is 6.54. The number of likely N-dealkylation sites (N-methyl/N-ethyl adjacent to an activating group) is 2. The minimum Gasteiger partial charge on any atom is -0.353 e. The number of hydrogen-bond donors (Lipinski definition) is 2. The van der Waals surface area contributed by atoms with Gasteiger partial charge in [-0.05, 0) is 42.3 Å². The van der Waals surface area contributed by atoms with Crippen molar-refractivity contribution in [1.29, 1.82) is 0 Å². The van der Waals surface area contributed by atoms with Crippen molar-refractivity contribution in [2.24, 2.45) is 0 Å². The molecule has 3 aromatic rings. The Labute approximate surface area is 221 Å². The normalized spacial score (nSPS) is 12.9. The number of aromatic nitrogens is 2. The number of amides is 2. The second kappa shape index (κ2) is 12.1. The molecule has 38 heavy (non-hydrogen) atoms. The van der Waals surface area contributed by atoms with Crippen LogP contribution in [-0.2, 0) is 22.7 Å². The van der Waals surface area contributed by atoms with E-state index >= 15 is 0 Å². The number of rotatable bonds is 11. The van der Waals surface area contributed by atoms with Gasteiger partial charge < -0.3 is 20.1 Å². The molecule has 1 aliphatic heterocycles. The number of halogens is 1. The number of hydrogen-bond acceptors (Lipinski definition) is 8. The van der Waals surface area contributed by atoms with E-state index in [2.05, 4.69) is 32.9 Å². The third kappa shape index (κ3) is 6.35. The molecule has 2 amide bonds. The number of hydrazine groups is 1. The average molecular weight is 524 g/mol. The van der Waals surface area contributed by atoms with E-state index < -0.39 is 5.82 Å². The van der Waals surface area contributed by atoms with Crippen LogP contribution in [-0.4, -0.2) is 71.7 Å². The minimum absolute atomic E-state index is 0.0802. The molecule has 1 aromatic heterocycles. The van der Waals surface area contributed by atoms with Gasteiger partial charge in [0.05, 0.1) is 18.7 Å². The largest absolute Gasteiger partial charge is 0.353 e. The van der Waals surface area contributed by atoms with E-state index in [-0.39, 0.29) is 36.3 Å². The van der Waals surface area contributed by atoms with Gasteiger partial charge in [0, 0.05) is 45.8 Å². The second-order valence-electron chi connectivity index (χ2n) is 9.32. The summed E-state index contributed by atoms with van der Waals surface area (Å²) in [4.78, 5) is 32.1. The summed E-state index contributed by atoms with van der Waals surface area (Å²) in [5.41, 5.74) is 3.61. The zero-order valence-electron chi connectivity index (χ0n) is 22.3. The van der Waals surface area contributed by atoms with Crippen LogP contribution in [0.4, 0.5) is 10.1 Å². The Morgan fingerprint density at radius 2 is 1.82 bits per heavy atom. The van der Waals surface area contributed by atoms with E-state index in [9.17, 15) is 14.0 Å². The predicted molar refractivity (Wildman–Crippen MR) is 141 cm³/mol. The maximum atomic E-state index is 14.9. The van der Waals surface area contributed by atoms with Crippen LogP contribution in [0.1, 0.15) is 29.5 Å². The number of aryl methyl sites for hydroxylation is 2. The van der Waals surface area contributed by atoms with Crippen molar-refractivity contribution in [3.63, 3.8) is 0 Å². The van der Waals surface area contributed by atoms with Crippen LogP contribution in [0, 0.1) is 19.7 Å². The fourth-order valence-corrected chi connectivity index (χ4v) is 4.46. The molecule has 0 saturated carbocycles. The van der Waals surface area contributed by atoms with Crippen LogP contribution in [0.15, 0.2) is 40.9 Å². The quantitative estimate of drug-likeness (QED) is 0.369. The lowest BCUT2D eigenvalue weighted by Crippen LogP contribution is -2.48. The molecular weight excluding hydrogens is 489 g/mol. The van der Waals surface area contributed by atoms with Gasteiger partial charge in [-0.25, -0.2) is 9.40 Å². The van der Waals surface area contributed by atoms with E-state index in [1.165, 1.54) is 17.2 Å². The van der Waals surface area contributed by atoms with E-state index in [1.807, 2.05) is 24.1 Å². The van der Waals surface area contributed by atoms with Crippen molar-refractivity contribution in [2.45, 2.75) is 33.9 Å². The van der Waals surface area contributed by atoms with Crippen molar-refractivity contribution in [1.82, 2.24) is 30.8 Å². The van der Waals surface area contributed by atoms with Gasteiger partial charge in [0.25, 0.3) is 5.91 Å². The number of nitrogens with zero attached hydrogens (tertiary/aromatic N) is 5. The van der Waals surface area contributed by atoms with Gasteiger partial charge in [-0.2, -0.15) is 4.98 Å². The lowest BCUT2D eigenvalue weighted by atomic mass is 10.1. The molecule has 0 saturated heterocycles. The van der Waals surface area contributed by atoms with Crippen molar-refractivity contribution in [3.05, 3.63) is 64.8 Å². The molecule has 0 aliphatic carbocycles. The molecule has 4 rings (SSSR count). The highest BCUT2D eigenvalue weighted by atomic mass is 19.1. The maximum absolute atomic E-state index is 14.9. The monoisotopic (exact) mass is 523 g/mol. The van der Waals surface area contributed by atoms with Crippen LogP contribution in [0.2, 0.25) is 0 Å². The molecule has 2 N–H and O–H groups in total. The first kappa shape index (κ1) is 27.2. The van der Waals surface area contributed by atoms with Gasteiger partial charge in [0.15, 0.2) is 0 Å². The smallest absolute Gasteiger partial charge is 0.256 e. The molecule has 0 unspecified atom stereocenters. The molecule has 0 spiro atoms. The third-order valence-electron chi connectivity index (χ3n) is 6.54. The molecule has 202 valence electrons. The molecule has 11 heteroatoms. The molecule has 0 radical (unpaired) electrons. The van der Waals surface area contributed by atoms with Gasteiger partial charge in [-0.3, -0.25) is 14.6 Å². The Kier molecular flexibility index (Phi) is 8.70. The maximum Gasteiger partial charge on any atom is 0.256 e. The zero-order valence-corrected chi connectivity index (χ0v) is 22.3. The summed E-state index contributed by atoms with van der Waals surface area (Å²) < 4.78 is 19.9. The topological polar surface area (TPSA) is 107 Å². The Morgan fingerprint density at radius 1 is 1.11 bits per heavy atom. The van der Waals surface area contributed by atoms with E-state index in [0.29, 0.717) is 43.3 Å². The van der Waals surface area contributed by atoms with Gasteiger partial charge in [0.2, 0.25) is 17.6 Å². The first-order valence-electron chi connectivity index (χ1n) is 12.7. The van der Waals surface area contributed by atoms with Crippen LogP contribution < -0.4 is 15.5 Å². The van der Waals surface area contributed by atoms with Crippen LogP contribution in [0.5, 0.6) is 0 Å². The number of fused-ring (bicyclic) bond motifs is 1. The fraction of sp³-hybridized carbons (Fsp3) is 0.407. The van der Waals surface area contributed by atoms with Crippen LogP contribution in [0.25, 0.3) is 11.4 Å². The molecule has 2 aromatic carbocycles. The number of carbonyl (C=O) groups is 2. The number of carbonyl (C=O) groups excluding carboxylic acids is 2. The summed E-state index contributed by atoms with van der Waals surface area (Å²) in [5.74, 6) is -0.539. The molecule has 10 nitrogen and oxygen atoms in total. The molecule has 1 aliphatic rings. The van der Waals surface area contributed by atoms with Crippen molar-refractivity contribution in [2.75, 3.05) is 44.7 Å². The molecule has 0 atom stereocenters. The summed E-state index contributed by atoms with van der Waals surface area (Å²) in [5, 5.41) is 13.4. The van der Waals surface area contributed by atoms with Gasteiger partial charge in [-0.1, -0.05) is 36.3 Å². The van der Waals surface area contributed by atoms with Crippen molar-refractivity contribution >= 4 is 17.5 Å². The zero-order chi connectivity index (χ0) is 27.2. The predicted octanol–water partition coefficient (Wildman–Crippen LogP) is 2.41. The van der Waals surface area contributed by atoms with E-state index in [4.69, 9.17) is 4.52 Å². The molecule has 0 bridgehead atoms. The lowest BCUT2D eigenvalue weighted by Gasteiger charge is -2.32. The summed E-state index contributed by atoms with van der Waals surface area (Å²) in [6.07, 6.45) is 0. The summed E-state index contributed by atoms with van der Waals surface area (Å²) >= 11 is 0. The number of anilines is 1. The Morgan fingerprint density at radius 3 is 2.45 bits per heavy atom. The average Bonchev–Trinajstić information content (AvgIpc) is 3.52. The lowest BCUT2D eigenvalue weighted by molar-refractivity contribution is -0.145. The highest BCUT2D eigenvalue weighted by molar-refractivity contribution is 5.87. The second-order valence-corrected chi connectivity index (χ2v) is 9.32. The summed E-state index contributed by atoms with van der Waals surface area (Å²) in [6, 6.07) is 11.0. The number of benzene rings is 2. The summed E-state index contributed by atoms with van der Waals surface area (Å²) in [7, 11) is 1.73. The summed E-state index contributed by atoms with van der Waals surface area (Å²) in [6.45, 7) is 8.34. The SMILES string of the molecule is CCNCCNC(=O)CN(CC(=O)N(C)N1Cc2ccccc2C1)c1cc(-c2noc(C)n2)c(F)cc1C. The first-order chi connectivity index (χ1) is 18.3. The van der Waals surface area contributed by atoms with Crippen LogP contribution in [0.3, 0.4) is 0 Å². The van der Waals surface area contributed by atoms with E-state index in [1.54, 1.807) is 36.9 Å². The van der Waals surface area contributed by atoms with Gasteiger partial charge in [-0.15, -0.1) is 0 Å². The van der Waals surface area contributed by atoms with Crippen molar-refractivity contribution in [3.8, 4) is 11.4 Å². The molecule has 0 fully saturated rings. The van der Waals surface area contributed by atoms with Gasteiger partial charge in [0.1, 0.15) is 5.82 Å². The first-order valence-corrected chi connectivity index (χ1v) is 12.7.